The topological polar surface area (TPSA) is 159 Å². The molecule has 11 heteroatoms. The fourth-order valence-electron chi connectivity index (χ4n) is 6.58. The number of aromatic nitrogens is 4. The van der Waals surface area contributed by atoms with Gasteiger partial charge in [-0.15, -0.1) is 0 Å². The lowest BCUT2D eigenvalue weighted by Crippen LogP contribution is -2.10. The van der Waals surface area contributed by atoms with Crippen LogP contribution in [0.4, 0.5) is 0 Å². The van der Waals surface area contributed by atoms with E-state index >= 15 is 0 Å². The SMILES string of the molecule is CC1=C(CCC(=O)O)c2nc1cc1[nH]c(cc3[nH]c(cc4[nH]c(c(CCC(=O)O)c4C)c2=N)c([C@H](C)S)c3C)c([C@H]2CS2)c1C. The van der Waals surface area contributed by atoms with E-state index in [0.717, 1.165) is 66.7 Å². The lowest BCUT2D eigenvalue weighted by atomic mass is 9.99. The number of carbonyl (C=O) groups is 2. The molecular weight excluding hydrogens is 607 g/mol. The van der Waals surface area contributed by atoms with Crippen LogP contribution in [0.1, 0.15) is 88.4 Å². The zero-order valence-corrected chi connectivity index (χ0v) is 27.6. The van der Waals surface area contributed by atoms with Crippen LogP contribution in [-0.4, -0.2) is 47.8 Å². The molecule has 2 aliphatic rings. The van der Waals surface area contributed by atoms with Gasteiger partial charge in [0.15, 0.2) is 0 Å². The number of allylic oxidation sites excluding steroid dienone is 2. The van der Waals surface area contributed by atoms with Gasteiger partial charge < -0.3 is 25.2 Å². The van der Waals surface area contributed by atoms with Crippen molar-refractivity contribution >= 4 is 80.6 Å². The van der Waals surface area contributed by atoms with Gasteiger partial charge in [0.2, 0.25) is 0 Å². The predicted octanol–water partition coefficient (Wildman–Crippen LogP) is 7.52. The van der Waals surface area contributed by atoms with Gasteiger partial charge in [0.05, 0.1) is 16.9 Å². The average Bonchev–Trinajstić information content (AvgIpc) is 3.48. The van der Waals surface area contributed by atoms with Crippen molar-refractivity contribution in [3.05, 3.63) is 68.3 Å². The van der Waals surface area contributed by atoms with Gasteiger partial charge in [-0.25, -0.2) is 4.98 Å². The van der Waals surface area contributed by atoms with Gasteiger partial charge in [-0.2, -0.15) is 24.4 Å². The van der Waals surface area contributed by atoms with Crippen LogP contribution in [0.3, 0.4) is 0 Å². The van der Waals surface area contributed by atoms with E-state index in [-0.39, 0.29) is 36.3 Å². The van der Waals surface area contributed by atoms with Crippen LogP contribution < -0.4 is 5.36 Å². The first kappa shape index (κ1) is 31.0. The first-order valence-corrected chi connectivity index (χ1v) is 16.6. The standard InChI is InChI=1S/C34H37N5O4S2/c1-14-19(6-8-28(40)41)33-32(35)34-20(7-9-29(42)43)15(2)22(39-34)11-25-30(18(5)44)16(3)24(36-25)12-26-31(27-13-45-27)17(4)23(37-26)10-21(14)38-33/h10-12,18,27,35-37,39,44H,6-9,13H2,1-5H3,(H,40,41)(H,42,43)/t18-,27+/m0/s1. The number of thioether (sulfide) groups is 1. The molecule has 0 amide bonds. The minimum Gasteiger partial charge on any atom is -0.481 e. The molecule has 9 nitrogen and oxygen atoms in total. The fourth-order valence-corrected chi connectivity index (χ4v) is 7.65. The van der Waals surface area contributed by atoms with Gasteiger partial charge >= 0.3 is 11.9 Å². The summed E-state index contributed by atoms with van der Waals surface area (Å²) in [5, 5.41) is 29.0. The Morgan fingerprint density at radius 1 is 0.933 bits per heavy atom. The summed E-state index contributed by atoms with van der Waals surface area (Å²) >= 11 is 6.74. The average molecular weight is 644 g/mol. The molecule has 2 aliphatic heterocycles. The molecule has 4 aromatic heterocycles. The second-order valence-electron chi connectivity index (χ2n) is 12.0. The number of aryl methyl sites for hydroxylation is 4. The molecule has 4 aromatic rings. The van der Waals surface area contributed by atoms with Crippen molar-refractivity contribution in [1.82, 2.24) is 19.9 Å². The maximum absolute atomic E-state index is 11.6. The Bertz CT molecular complexity index is 2130. The Balaban J connectivity index is 1.80. The lowest BCUT2D eigenvalue weighted by Gasteiger charge is -2.04. The van der Waals surface area contributed by atoms with Crippen LogP contribution in [0.15, 0.2) is 18.2 Å². The molecule has 1 saturated heterocycles. The van der Waals surface area contributed by atoms with Gasteiger partial charge in [-0.05, 0) is 110 Å². The highest BCUT2D eigenvalue weighted by atomic mass is 32.2. The van der Waals surface area contributed by atoms with Crippen LogP contribution in [0.2, 0.25) is 0 Å². The number of nitrogens with one attached hydrogen (secondary N) is 4. The maximum atomic E-state index is 11.6. The van der Waals surface area contributed by atoms with E-state index in [1.807, 2.05) is 44.7 Å². The molecule has 0 radical (unpaired) electrons. The third-order valence-electron chi connectivity index (χ3n) is 9.10. The summed E-state index contributed by atoms with van der Waals surface area (Å²) in [6.45, 7) is 10.1. The van der Waals surface area contributed by atoms with Gasteiger partial charge in [0.1, 0.15) is 5.36 Å². The zero-order chi connectivity index (χ0) is 32.3. The first-order chi connectivity index (χ1) is 21.3. The first-order valence-electron chi connectivity index (χ1n) is 15.0. The molecule has 6 N–H and O–H groups in total. The fraction of sp³-hybridized carbons (Fsp3) is 0.353. The molecule has 45 heavy (non-hydrogen) atoms. The lowest BCUT2D eigenvalue weighted by molar-refractivity contribution is -0.137. The van der Waals surface area contributed by atoms with E-state index in [1.165, 1.54) is 5.56 Å². The number of carboxylic acids is 2. The Labute approximate surface area is 269 Å². The number of rotatable bonds is 8. The minimum atomic E-state index is -0.923. The smallest absolute Gasteiger partial charge is 0.303 e. The summed E-state index contributed by atoms with van der Waals surface area (Å²) in [6.07, 6.45) is 0.274. The second kappa shape index (κ2) is 11.8. The molecule has 0 aliphatic carbocycles. The minimum absolute atomic E-state index is 0.0598. The highest BCUT2D eigenvalue weighted by Crippen LogP contribution is 2.50. The summed E-state index contributed by atoms with van der Waals surface area (Å²) in [5.41, 5.74) is 13.9. The molecule has 2 atom stereocenters. The highest BCUT2D eigenvalue weighted by molar-refractivity contribution is 8.06. The molecule has 0 saturated carbocycles. The number of aromatic amines is 3. The summed E-state index contributed by atoms with van der Waals surface area (Å²) in [7, 11) is 0. The van der Waals surface area contributed by atoms with Crippen LogP contribution in [-0.2, 0) is 16.0 Å². The Hall–Kier alpha value is -3.96. The van der Waals surface area contributed by atoms with E-state index in [2.05, 4.69) is 34.9 Å². The number of fused-ring (bicyclic) bond motifs is 8. The Morgan fingerprint density at radius 2 is 1.53 bits per heavy atom. The number of hydrogen-bond donors (Lipinski definition) is 7. The van der Waals surface area contributed by atoms with E-state index in [4.69, 9.17) is 17.6 Å². The molecule has 6 rings (SSSR count). The normalized spacial score (nSPS) is 16.0. The third-order valence-corrected chi connectivity index (χ3v) is 10.3. The molecule has 6 heterocycles. The van der Waals surface area contributed by atoms with Crippen LogP contribution in [0.25, 0.3) is 44.2 Å². The number of thiol groups is 1. The molecule has 234 valence electrons. The number of carboxylic acid groups (broad SMARTS) is 2. The van der Waals surface area contributed by atoms with E-state index in [1.54, 1.807) is 0 Å². The molecular formula is C34H37N5O4S2. The van der Waals surface area contributed by atoms with E-state index in [0.29, 0.717) is 27.7 Å². The van der Waals surface area contributed by atoms with Crippen LogP contribution >= 0.6 is 24.4 Å². The largest absolute Gasteiger partial charge is 0.481 e. The molecule has 0 aromatic carbocycles. The number of nitrogens with zero attached hydrogens (tertiary/aromatic N) is 1. The van der Waals surface area contributed by atoms with Crippen molar-refractivity contribution < 1.29 is 19.8 Å². The quantitative estimate of drug-likeness (QED) is 0.0777. The second-order valence-corrected chi connectivity index (χ2v) is 14.1. The number of hydrogen-bond acceptors (Lipinski definition) is 6. The summed E-state index contributed by atoms with van der Waals surface area (Å²) < 4.78 is 0. The van der Waals surface area contributed by atoms with Gasteiger partial charge in [0, 0.05) is 56.7 Å². The van der Waals surface area contributed by atoms with Crippen molar-refractivity contribution in [1.29, 1.82) is 5.41 Å². The maximum Gasteiger partial charge on any atom is 0.303 e. The predicted molar refractivity (Wildman–Crippen MR) is 184 cm³/mol. The van der Waals surface area contributed by atoms with Crippen molar-refractivity contribution in [3.63, 3.8) is 0 Å². The number of H-pyrrole nitrogens is 3. The molecule has 1 fully saturated rings. The summed E-state index contributed by atoms with van der Waals surface area (Å²) in [6, 6.07) is 6.20. The van der Waals surface area contributed by atoms with E-state index in [9.17, 15) is 25.2 Å². The zero-order valence-electron chi connectivity index (χ0n) is 25.9. The van der Waals surface area contributed by atoms with Crippen LogP contribution in [0.5, 0.6) is 0 Å². The highest BCUT2D eigenvalue weighted by Gasteiger charge is 2.30. The Morgan fingerprint density at radius 3 is 2.18 bits per heavy atom. The molecule has 0 unspecified atom stereocenters. The van der Waals surface area contributed by atoms with Gasteiger partial charge in [-0.1, -0.05) is 0 Å². The molecule has 8 bridgehead atoms. The van der Waals surface area contributed by atoms with Crippen molar-refractivity contribution in [3.8, 4) is 0 Å². The molecule has 0 spiro atoms. The monoisotopic (exact) mass is 643 g/mol. The Kier molecular flexibility index (Phi) is 8.11. The van der Waals surface area contributed by atoms with Gasteiger partial charge in [0.25, 0.3) is 0 Å². The summed E-state index contributed by atoms with van der Waals surface area (Å²) in [5.74, 6) is -0.782. The van der Waals surface area contributed by atoms with Crippen molar-refractivity contribution in [2.75, 3.05) is 5.75 Å². The third kappa shape index (κ3) is 5.68. The van der Waals surface area contributed by atoms with Gasteiger partial charge in [-0.3, -0.25) is 15.0 Å². The number of aliphatic carboxylic acids is 2. The summed E-state index contributed by atoms with van der Waals surface area (Å²) in [4.78, 5) is 39.0. The van der Waals surface area contributed by atoms with Crippen molar-refractivity contribution in [2.24, 2.45) is 0 Å². The van der Waals surface area contributed by atoms with Crippen LogP contribution in [0, 0.1) is 26.2 Å². The van der Waals surface area contributed by atoms with Crippen molar-refractivity contribution in [2.45, 2.75) is 70.8 Å². The van der Waals surface area contributed by atoms with E-state index < -0.39 is 11.9 Å².